The Bertz CT molecular complexity index is 140. The van der Waals surface area contributed by atoms with E-state index in [1.807, 2.05) is 0 Å². The minimum absolute atomic E-state index is 0.287. The zero-order chi connectivity index (χ0) is 9.78. The van der Waals surface area contributed by atoms with E-state index in [4.69, 9.17) is 0 Å². The number of hydrogen-bond acceptors (Lipinski definition) is 0. The van der Waals surface area contributed by atoms with Crippen LogP contribution in [0.3, 0.4) is 0 Å². The molecule has 0 bridgehead atoms. The van der Waals surface area contributed by atoms with Crippen LogP contribution < -0.4 is 0 Å². The molecule has 0 radical (unpaired) electrons. The van der Waals surface area contributed by atoms with E-state index in [9.17, 15) is 0 Å². The van der Waals surface area contributed by atoms with Gasteiger partial charge in [-0.15, -0.1) is 0 Å². The van der Waals surface area contributed by atoms with Crippen LogP contribution in [0.4, 0.5) is 0 Å². The summed E-state index contributed by atoms with van der Waals surface area (Å²) >= 11 is 0. The minimum atomic E-state index is -0.287. The van der Waals surface area contributed by atoms with E-state index in [1.54, 1.807) is 0 Å². The molecule has 0 unspecified atom stereocenters. The van der Waals surface area contributed by atoms with Gasteiger partial charge < -0.3 is 0 Å². The fourth-order valence-corrected chi connectivity index (χ4v) is 2.03. The highest BCUT2D eigenvalue weighted by molar-refractivity contribution is 8.32. The van der Waals surface area contributed by atoms with Crippen LogP contribution in [0, 0.1) is 5.92 Å². The molecule has 0 rings (SSSR count). The van der Waals surface area contributed by atoms with Crippen LogP contribution in [0.1, 0.15) is 26.7 Å². The summed E-state index contributed by atoms with van der Waals surface area (Å²) in [5.74, 6) is 2.05. The molecule has 0 saturated carbocycles. The van der Waals surface area contributed by atoms with E-state index in [2.05, 4.69) is 39.2 Å². The lowest BCUT2D eigenvalue weighted by Crippen LogP contribution is -2.00. The quantitative estimate of drug-likeness (QED) is 0.577. The number of hydrogen-bond donors (Lipinski definition) is 0. The lowest BCUT2D eigenvalue weighted by molar-refractivity contribution is 0.707. The summed E-state index contributed by atoms with van der Waals surface area (Å²) in [6.07, 6.45) is 9.69. The summed E-state index contributed by atoms with van der Waals surface area (Å²) in [5.41, 5.74) is 1.42. The lowest BCUT2D eigenvalue weighted by Gasteiger charge is -2.25. The molecule has 0 aromatic carbocycles. The van der Waals surface area contributed by atoms with Gasteiger partial charge in [0.25, 0.3) is 0 Å². The zero-order valence-electron chi connectivity index (χ0n) is 9.31. The summed E-state index contributed by atoms with van der Waals surface area (Å²) in [7, 11) is -0.287. The molecule has 74 valence electrons. The third-order valence-corrected chi connectivity index (χ3v) is 3.58. The van der Waals surface area contributed by atoms with Crippen molar-refractivity contribution in [2.24, 2.45) is 5.92 Å². The van der Waals surface area contributed by atoms with Gasteiger partial charge in [0.2, 0.25) is 0 Å². The molecule has 1 heteroatoms. The van der Waals surface area contributed by atoms with Gasteiger partial charge in [-0.1, -0.05) is 26.0 Å². The number of rotatable bonds is 5. The Hall–Kier alpha value is 0.0900. The van der Waals surface area contributed by atoms with Gasteiger partial charge in [-0.25, -0.2) is 10.0 Å². The Morgan fingerprint density at radius 3 is 2.08 bits per heavy atom. The number of allylic oxidation sites excluding steroid dienone is 1. The maximum atomic E-state index is 4.08. The van der Waals surface area contributed by atoms with Crippen LogP contribution in [0.25, 0.3) is 0 Å². The topological polar surface area (TPSA) is 0 Å². The van der Waals surface area contributed by atoms with Crippen LogP contribution in [0.2, 0.25) is 0 Å². The first-order chi connectivity index (χ1) is 5.33. The molecule has 0 fully saturated rings. The molecule has 0 nitrogen and oxygen atoms in total. The van der Waals surface area contributed by atoms with Crippen LogP contribution in [-0.4, -0.2) is 24.5 Å². The van der Waals surface area contributed by atoms with Crippen molar-refractivity contribution in [2.75, 3.05) is 24.5 Å². The second kappa shape index (κ2) is 4.96. The minimum Gasteiger partial charge on any atom is -0.250 e. The van der Waals surface area contributed by atoms with Crippen molar-refractivity contribution in [3.8, 4) is 0 Å². The Balaban J connectivity index is 3.51. The van der Waals surface area contributed by atoms with E-state index < -0.39 is 0 Å². The summed E-state index contributed by atoms with van der Waals surface area (Å²) in [6, 6.07) is 0. The van der Waals surface area contributed by atoms with Crippen molar-refractivity contribution in [3.05, 3.63) is 12.2 Å². The summed E-state index contributed by atoms with van der Waals surface area (Å²) in [5, 5.41) is 0. The standard InChI is InChI=1S/C11H24S/c1-10(2)11(3)8-7-9-12(4,5)6/h10H,3,7-9H2,1-2,4-6H3. The SMILES string of the molecule is C=C(CCCS(C)(C)C)C(C)C. The van der Waals surface area contributed by atoms with Crippen molar-refractivity contribution in [2.45, 2.75) is 26.7 Å². The Morgan fingerprint density at radius 1 is 1.25 bits per heavy atom. The maximum absolute atomic E-state index is 4.08. The molecule has 0 spiro atoms. The molecule has 0 saturated heterocycles. The third kappa shape index (κ3) is 6.78. The lowest BCUT2D eigenvalue weighted by atomic mass is 10.0. The summed E-state index contributed by atoms with van der Waals surface area (Å²) < 4.78 is 0. The molecular formula is C11H24S. The van der Waals surface area contributed by atoms with E-state index in [-0.39, 0.29) is 10.0 Å². The van der Waals surface area contributed by atoms with E-state index in [0.29, 0.717) is 5.92 Å². The van der Waals surface area contributed by atoms with Crippen molar-refractivity contribution in [1.29, 1.82) is 0 Å². The molecule has 0 aliphatic carbocycles. The van der Waals surface area contributed by atoms with Gasteiger partial charge in [0.1, 0.15) is 0 Å². The van der Waals surface area contributed by atoms with Crippen LogP contribution in [0.5, 0.6) is 0 Å². The van der Waals surface area contributed by atoms with Gasteiger partial charge >= 0.3 is 0 Å². The second-order valence-electron chi connectivity index (χ2n) is 4.71. The van der Waals surface area contributed by atoms with E-state index in [0.717, 1.165) is 0 Å². The molecule has 0 aromatic heterocycles. The Labute approximate surface area is 79.8 Å². The monoisotopic (exact) mass is 188 g/mol. The molecular weight excluding hydrogens is 164 g/mol. The molecule has 0 heterocycles. The van der Waals surface area contributed by atoms with Gasteiger partial charge in [0.05, 0.1) is 0 Å². The third-order valence-electron chi connectivity index (χ3n) is 2.07. The van der Waals surface area contributed by atoms with Crippen molar-refractivity contribution < 1.29 is 0 Å². The molecule has 0 amide bonds. The summed E-state index contributed by atoms with van der Waals surface area (Å²) in [4.78, 5) is 0. The maximum Gasteiger partial charge on any atom is -0.0232 e. The van der Waals surface area contributed by atoms with Gasteiger partial charge in [0, 0.05) is 0 Å². The fraction of sp³-hybridized carbons (Fsp3) is 0.818. The largest absolute Gasteiger partial charge is 0.250 e. The highest BCUT2D eigenvalue weighted by Gasteiger charge is 2.05. The van der Waals surface area contributed by atoms with Crippen molar-refractivity contribution in [1.82, 2.24) is 0 Å². The second-order valence-corrected chi connectivity index (χ2v) is 9.30. The average Bonchev–Trinajstić information content (AvgIpc) is 1.84. The van der Waals surface area contributed by atoms with Crippen molar-refractivity contribution in [3.63, 3.8) is 0 Å². The normalized spacial score (nSPS) is 13.5. The first-order valence-electron chi connectivity index (χ1n) is 4.66. The average molecular weight is 188 g/mol. The molecule has 0 atom stereocenters. The highest BCUT2D eigenvalue weighted by atomic mass is 32.3. The van der Waals surface area contributed by atoms with Gasteiger partial charge in [-0.2, -0.15) is 0 Å². The first-order valence-corrected chi connectivity index (χ1v) is 7.69. The Kier molecular flexibility index (Phi) is 5.00. The van der Waals surface area contributed by atoms with E-state index in [1.165, 1.54) is 24.2 Å². The van der Waals surface area contributed by atoms with E-state index >= 15 is 0 Å². The molecule has 0 aliphatic heterocycles. The molecule has 0 aliphatic rings. The van der Waals surface area contributed by atoms with Crippen LogP contribution >= 0.6 is 10.0 Å². The first kappa shape index (κ1) is 12.1. The van der Waals surface area contributed by atoms with Gasteiger partial charge in [0.15, 0.2) is 0 Å². The van der Waals surface area contributed by atoms with Crippen LogP contribution in [-0.2, 0) is 0 Å². The van der Waals surface area contributed by atoms with Gasteiger partial charge in [-0.05, 0) is 43.3 Å². The van der Waals surface area contributed by atoms with Gasteiger partial charge in [-0.3, -0.25) is 0 Å². The predicted octanol–water partition coefficient (Wildman–Crippen LogP) is 3.67. The summed E-state index contributed by atoms with van der Waals surface area (Å²) in [6.45, 7) is 8.54. The zero-order valence-corrected chi connectivity index (χ0v) is 10.1. The molecule has 0 N–H and O–H groups in total. The smallest absolute Gasteiger partial charge is 0.0232 e. The fourth-order valence-electron chi connectivity index (χ4n) is 1.02. The molecule has 12 heavy (non-hydrogen) atoms. The Morgan fingerprint density at radius 2 is 1.75 bits per heavy atom. The predicted molar refractivity (Wildman–Crippen MR) is 63.4 cm³/mol. The van der Waals surface area contributed by atoms with Crippen LogP contribution in [0.15, 0.2) is 12.2 Å². The molecule has 0 aromatic rings. The van der Waals surface area contributed by atoms with Crippen molar-refractivity contribution >= 4 is 10.0 Å². The highest BCUT2D eigenvalue weighted by Crippen LogP contribution is 2.36.